The van der Waals surface area contributed by atoms with E-state index >= 15 is 0 Å². The molecule has 1 unspecified atom stereocenters. The van der Waals surface area contributed by atoms with Gasteiger partial charge in [0.1, 0.15) is 5.82 Å². The number of aliphatic hydroxyl groups excluding tert-OH is 1. The smallest absolute Gasteiger partial charge is 0.270 e. The first-order chi connectivity index (χ1) is 12.0. The highest BCUT2D eigenvalue weighted by atomic mass is 79.9. The Kier molecular flexibility index (Phi) is 5.34. The van der Waals surface area contributed by atoms with Crippen LogP contribution in [0.3, 0.4) is 0 Å². The number of piperidine rings is 1. The van der Waals surface area contributed by atoms with E-state index in [4.69, 9.17) is 0 Å². The van der Waals surface area contributed by atoms with E-state index in [-0.39, 0.29) is 17.4 Å². The second-order valence-electron chi connectivity index (χ2n) is 6.21. The van der Waals surface area contributed by atoms with Crippen LogP contribution in [0.15, 0.2) is 46.9 Å². The normalized spacial score (nSPS) is 16.7. The number of rotatable bonds is 4. The Morgan fingerprint density at radius 2 is 1.84 bits per heavy atom. The van der Waals surface area contributed by atoms with Gasteiger partial charge in [-0.15, -0.1) is 0 Å². The van der Waals surface area contributed by atoms with Gasteiger partial charge >= 0.3 is 0 Å². The monoisotopic (exact) mass is 408 g/mol. The quantitative estimate of drug-likeness (QED) is 0.599. The van der Waals surface area contributed by atoms with Crippen molar-refractivity contribution in [3.05, 3.63) is 68.4 Å². The predicted molar refractivity (Wildman–Crippen MR) is 97.1 cm³/mol. The zero-order valence-corrected chi connectivity index (χ0v) is 15.0. The van der Waals surface area contributed by atoms with Gasteiger partial charge in [-0.1, -0.05) is 12.1 Å². The third kappa shape index (κ3) is 3.99. The highest BCUT2D eigenvalue weighted by molar-refractivity contribution is 9.10. The molecular weight excluding hydrogens is 391 g/mol. The van der Waals surface area contributed by atoms with Gasteiger partial charge in [0.15, 0.2) is 0 Å². The highest BCUT2D eigenvalue weighted by Gasteiger charge is 2.27. The molecule has 3 rings (SSSR count). The van der Waals surface area contributed by atoms with Gasteiger partial charge in [0.05, 0.1) is 16.7 Å². The third-order valence-corrected chi connectivity index (χ3v) is 5.32. The highest BCUT2D eigenvalue weighted by Crippen LogP contribution is 2.36. The molecule has 0 saturated carbocycles. The van der Waals surface area contributed by atoms with Crippen molar-refractivity contribution in [1.29, 1.82) is 0 Å². The van der Waals surface area contributed by atoms with Crippen molar-refractivity contribution < 1.29 is 14.4 Å². The van der Waals surface area contributed by atoms with Gasteiger partial charge in [0, 0.05) is 29.7 Å². The second kappa shape index (κ2) is 7.49. The van der Waals surface area contributed by atoms with E-state index < -0.39 is 11.0 Å². The fourth-order valence-corrected chi connectivity index (χ4v) is 3.87. The van der Waals surface area contributed by atoms with Gasteiger partial charge in [-0.25, -0.2) is 4.39 Å². The maximum absolute atomic E-state index is 13.0. The van der Waals surface area contributed by atoms with Crippen molar-refractivity contribution in [2.75, 3.05) is 18.0 Å². The minimum absolute atomic E-state index is 0.0530. The SMILES string of the molecule is O=[N+]([O-])c1ccc(N2CCC(C(O)c3ccc(F)cc3)CC2)c(Br)c1. The Labute approximate surface area is 153 Å². The number of aliphatic hydroxyl groups is 1. The largest absolute Gasteiger partial charge is 0.388 e. The van der Waals surface area contributed by atoms with Crippen LogP contribution in [0.2, 0.25) is 0 Å². The van der Waals surface area contributed by atoms with E-state index in [1.807, 2.05) is 0 Å². The molecule has 1 aliphatic rings. The van der Waals surface area contributed by atoms with Crippen LogP contribution in [0.25, 0.3) is 0 Å². The topological polar surface area (TPSA) is 66.6 Å². The first-order valence-corrected chi connectivity index (χ1v) is 8.87. The molecule has 1 aliphatic heterocycles. The lowest BCUT2D eigenvalue weighted by molar-refractivity contribution is -0.384. The summed E-state index contributed by atoms with van der Waals surface area (Å²) in [5, 5.41) is 21.4. The van der Waals surface area contributed by atoms with E-state index in [9.17, 15) is 19.6 Å². The fourth-order valence-electron chi connectivity index (χ4n) is 3.25. The summed E-state index contributed by atoms with van der Waals surface area (Å²) in [6.45, 7) is 1.50. The average molecular weight is 409 g/mol. The molecule has 0 bridgehead atoms. The maximum atomic E-state index is 13.0. The Bertz CT molecular complexity index is 761. The lowest BCUT2D eigenvalue weighted by Crippen LogP contribution is -2.35. The summed E-state index contributed by atoms with van der Waals surface area (Å²) in [5.41, 5.74) is 1.70. The Balaban J connectivity index is 1.65. The lowest BCUT2D eigenvalue weighted by atomic mass is 9.87. The molecule has 0 spiro atoms. The summed E-state index contributed by atoms with van der Waals surface area (Å²) in [7, 11) is 0. The van der Waals surface area contributed by atoms with E-state index in [0.717, 1.165) is 37.2 Å². The zero-order valence-electron chi connectivity index (χ0n) is 13.4. The molecule has 0 aromatic heterocycles. The molecule has 2 aromatic carbocycles. The Morgan fingerprint density at radius 1 is 1.20 bits per heavy atom. The summed E-state index contributed by atoms with van der Waals surface area (Å²) in [6, 6.07) is 10.7. The number of nitro benzene ring substituents is 1. The Morgan fingerprint density at radius 3 is 2.40 bits per heavy atom. The van der Waals surface area contributed by atoms with Crippen molar-refractivity contribution in [1.82, 2.24) is 0 Å². The number of anilines is 1. The van der Waals surface area contributed by atoms with Gasteiger partial charge in [-0.05, 0) is 58.5 Å². The van der Waals surface area contributed by atoms with Crippen LogP contribution in [0.1, 0.15) is 24.5 Å². The van der Waals surface area contributed by atoms with Crippen molar-refractivity contribution in [2.45, 2.75) is 18.9 Å². The number of hydrogen-bond donors (Lipinski definition) is 1. The number of halogens is 2. The van der Waals surface area contributed by atoms with Crippen molar-refractivity contribution in [3.63, 3.8) is 0 Å². The minimum Gasteiger partial charge on any atom is -0.388 e. The predicted octanol–water partition coefficient (Wildman–Crippen LogP) is 4.45. The molecule has 2 aromatic rings. The van der Waals surface area contributed by atoms with E-state index in [1.165, 1.54) is 24.3 Å². The summed E-state index contributed by atoms with van der Waals surface area (Å²) in [5.74, 6) is -0.202. The van der Waals surface area contributed by atoms with Crippen LogP contribution in [0.5, 0.6) is 0 Å². The molecule has 7 heteroatoms. The van der Waals surface area contributed by atoms with Gasteiger partial charge < -0.3 is 10.0 Å². The third-order valence-electron chi connectivity index (χ3n) is 4.68. The number of nitrogens with zero attached hydrogens (tertiary/aromatic N) is 2. The van der Waals surface area contributed by atoms with Crippen LogP contribution in [0.4, 0.5) is 15.8 Å². The van der Waals surface area contributed by atoms with Crippen LogP contribution in [0, 0.1) is 21.8 Å². The van der Waals surface area contributed by atoms with Gasteiger partial charge in [-0.2, -0.15) is 0 Å². The minimum atomic E-state index is -0.608. The van der Waals surface area contributed by atoms with Crippen LogP contribution in [-0.4, -0.2) is 23.1 Å². The average Bonchev–Trinajstić information content (AvgIpc) is 2.62. The van der Waals surface area contributed by atoms with Crippen LogP contribution < -0.4 is 4.90 Å². The first kappa shape index (κ1) is 17.8. The standard InChI is InChI=1S/C18H18BrFN2O3/c19-16-11-15(22(24)25)5-6-17(16)21-9-7-13(8-10-21)18(23)12-1-3-14(20)4-2-12/h1-6,11,13,18,23H,7-10H2. The molecule has 25 heavy (non-hydrogen) atoms. The Hall–Kier alpha value is -1.99. The fraction of sp³-hybridized carbons (Fsp3) is 0.333. The van der Waals surface area contributed by atoms with E-state index in [1.54, 1.807) is 18.2 Å². The van der Waals surface area contributed by atoms with Crippen LogP contribution >= 0.6 is 15.9 Å². The lowest BCUT2D eigenvalue weighted by Gasteiger charge is -2.36. The van der Waals surface area contributed by atoms with Crippen molar-refractivity contribution in [3.8, 4) is 0 Å². The number of nitro groups is 1. The second-order valence-corrected chi connectivity index (χ2v) is 7.07. The molecule has 0 aliphatic carbocycles. The van der Waals surface area contributed by atoms with Gasteiger partial charge in [0.25, 0.3) is 5.69 Å². The summed E-state index contributed by atoms with van der Waals surface area (Å²) >= 11 is 3.41. The number of hydrogen-bond acceptors (Lipinski definition) is 4. The van der Waals surface area contributed by atoms with E-state index in [2.05, 4.69) is 20.8 Å². The summed E-state index contributed by atoms with van der Waals surface area (Å²) < 4.78 is 13.7. The molecule has 0 radical (unpaired) electrons. The number of benzene rings is 2. The molecule has 1 saturated heterocycles. The zero-order chi connectivity index (χ0) is 18.0. The van der Waals surface area contributed by atoms with Crippen molar-refractivity contribution in [2.24, 2.45) is 5.92 Å². The molecule has 5 nitrogen and oxygen atoms in total. The molecule has 0 amide bonds. The van der Waals surface area contributed by atoms with Gasteiger partial charge in [-0.3, -0.25) is 10.1 Å². The number of non-ortho nitro benzene ring substituents is 1. The van der Waals surface area contributed by atoms with Crippen LogP contribution in [-0.2, 0) is 0 Å². The maximum Gasteiger partial charge on any atom is 0.270 e. The van der Waals surface area contributed by atoms with Crippen molar-refractivity contribution >= 4 is 27.3 Å². The van der Waals surface area contributed by atoms with E-state index in [0.29, 0.717) is 4.47 Å². The summed E-state index contributed by atoms with van der Waals surface area (Å²) in [4.78, 5) is 12.6. The molecular formula is C18H18BrFN2O3. The molecule has 1 atom stereocenters. The molecule has 1 N–H and O–H groups in total. The summed E-state index contributed by atoms with van der Waals surface area (Å²) in [6.07, 6.45) is 0.979. The molecule has 132 valence electrons. The molecule has 1 heterocycles. The van der Waals surface area contributed by atoms with Gasteiger partial charge in [0.2, 0.25) is 0 Å². The molecule has 1 fully saturated rings. The first-order valence-electron chi connectivity index (χ1n) is 8.08.